The number of hydrogen-bond acceptors (Lipinski definition) is 3. The number of thiophene rings is 1. The van der Waals surface area contributed by atoms with Crippen LogP contribution in [0.2, 0.25) is 0 Å². The van der Waals surface area contributed by atoms with Crippen molar-refractivity contribution in [2.75, 3.05) is 0 Å². The van der Waals surface area contributed by atoms with Crippen LogP contribution in [0.3, 0.4) is 0 Å². The quantitative estimate of drug-likeness (QED) is 0.503. The van der Waals surface area contributed by atoms with E-state index in [1.165, 1.54) is 30.6 Å². The normalized spacial score (nSPS) is 18.2. The largest absolute Gasteiger partial charge is 0.271 e. The van der Waals surface area contributed by atoms with Crippen LogP contribution in [0.1, 0.15) is 43.0 Å². The maximum absolute atomic E-state index is 5.66. The SMILES string of the molecule is NNC(CC1=CCCCC1)c1sccc1Br. The van der Waals surface area contributed by atoms with Gasteiger partial charge < -0.3 is 0 Å². The Bertz CT molecular complexity index is 373. The van der Waals surface area contributed by atoms with Crippen LogP contribution in [-0.2, 0) is 0 Å². The summed E-state index contributed by atoms with van der Waals surface area (Å²) in [7, 11) is 0. The number of rotatable bonds is 4. The third kappa shape index (κ3) is 2.94. The van der Waals surface area contributed by atoms with E-state index >= 15 is 0 Å². The molecule has 0 bridgehead atoms. The summed E-state index contributed by atoms with van der Waals surface area (Å²) in [5, 5.41) is 2.10. The minimum atomic E-state index is 0.249. The second kappa shape index (κ2) is 5.96. The highest BCUT2D eigenvalue weighted by molar-refractivity contribution is 9.10. The third-order valence-electron chi connectivity index (χ3n) is 3.01. The molecule has 1 unspecified atom stereocenters. The van der Waals surface area contributed by atoms with E-state index in [-0.39, 0.29) is 6.04 Å². The topological polar surface area (TPSA) is 38.0 Å². The van der Waals surface area contributed by atoms with Crippen LogP contribution in [0.25, 0.3) is 0 Å². The molecule has 2 nitrogen and oxygen atoms in total. The van der Waals surface area contributed by atoms with Crippen LogP contribution < -0.4 is 11.3 Å². The average molecular weight is 301 g/mol. The fourth-order valence-corrected chi connectivity index (χ4v) is 3.84. The van der Waals surface area contributed by atoms with Crippen molar-refractivity contribution in [1.29, 1.82) is 0 Å². The molecule has 4 heteroatoms. The molecule has 1 heterocycles. The van der Waals surface area contributed by atoms with Crippen LogP contribution in [0.4, 0.5) is 0 Å². The molecule has 0 aliphatic heterocycles. The number of nitrogens with one attached hydrogen (secondary N) is 1. The summed E-state index contributed by atoms with van der Waals surface area (Å²) in [6, 6.07) is 2.33. The third-order valence-corrected chi connectivity index (χ3v) is 5.00. The molecular weight excluding hydrogens is 284 g/mol. The molecule has 88 valence electrons. The van der Waals surface area contributed by atoms with Crippen molar-refractivity contribution in [3.05, 3.63) is 32.4 Å². The fourth-order valence-electron chi connectivity index (χ4n) is 2.13. The first-order chi connectivity index (χ1) is 7.81. The van der Waals surface area contributed by atoms with E-state index < -0.39 is 0 Å². The maximum atomic E-state index is 5.66. The molecule has 0 saturated carbocycles. The standard InChI is InChI=1S/C12H17BrN2S/c13-10-6-7-16-12(10)11(15-14)8-9-4-2-1-3-5-9/h4,6-7,11,15H,1-3,5,8,14H2. The van der Waals surface area contributed by atoms with Gasteiger partial charge in [0.15, 0.2) is 0 Å². The zero-order valence-electron chi connectivity index (χ0n) is 9.21. The Kier molecular flexibility index (Phi) is 4.58. The monoisotopic (exact) mass is 300 g/mol. The summed E-state index contributed by atoms with van der Waals surface area (Å²) in [4.78, 5) is 1.30. The van der Waals surface area contributed by atoms with Gasteiger partial charge in [0.05, 0.1) is 6.04 Å². The summed E-state index contributed by atoms with van der Waals surface area (Å²) in [6.45, 7) is 0. The summed E-state index contributed by atoms with van der Waals surface area (Å²) < 4.78 is 1.16. The van der Waals surface area contributed by atoms with Gasteiger partial charge >= 0.3 is 0 Å². The van der Waals surface area contributed by atoms with E-state index in [0.717, 1.165) is 10.9 Å². The zero-order chi connectivity index (χ0) is 11.4. The number of hydrogen-bond donors (Lipinski definition) is 2. The molecule has 0 spiro atoms. The first-order valence-electron chi connectivity index (χ1n) is 5.68. The Morgan fingerprint density at radius 2 is 2.38 bits per heavy atom. The van der Waals surface area contributed by atoms with Crippen molar-refractivity contribution in [2.45, 2.75) is 38.1 Å². The van der Waals surface area contributed by atoms with Crippen LogP contribution in [0.5, 0.6) is 0 Å². The Hall–Kier alpha value is -0.160. The van der Waals surface area contributed by atoms with Crippen molar-refractivity contribution in [3.8, 4) is 0 Å². The Morgan fingerprint density at radius 1 is 1.50 bits per heavy atom. The van der Waals surface area contributed by atoms with Gasteiger partial charge in [-0.05, 0) is 59.5 Å². The molecule has 1 aromatic rings. The molecule has 3 N–H and O–H groups in total. The lowest BCUT2D eigenvalue weighted by molar-refractivity contribution is 0.534. The number of allylic oxidation sites excluding steroid dienone is 1. The fraction of sp³-hybridized carbons (Fsp3) is 0.500. The molecule has 0 saturated heterocycles. The highest BCUT2D eigenvalue weighted by atomic mass is 79.9. The highest BCUT2D eigenvalue weighted by Crippen LogP contribution is 2.34. The van der Waals surface area contributed by atoms with Gasteiger partial charge in [0.1, 0.15) is 0 Å². The molecule has 1 atom stereocenters. The molecule has 0 fully saturated rings. The molecule has 0 amide bonds. The lowest BCUT2D eigenvalue weighted by atomic mass is 9.94. The zero-order valence-corrected chi connectivity index (χ0v) is 11.6. The Balaban J connectivity index is 2.06. The van der Waals surface area contributed by atoms with Crippen molar-refractivity contribution in [3.63, 3.8) is 0 Å². The minimum absolute atomic E-state index is 0.249. The van der Waals surface area contributed by atoms with Gasteiger partial charge in [0.25, 0.3) is 0 Å². The van der Waals surface area contributed by atoms with Gasteiger partial charge in [0.2, 0.25) is 0 Å². The lowest BCUT2D eigenvalue weighted by Crippen LogP contribution is -2.28. The van der Waals surface area contributed by atoms with Crippen molar-refractivity contribution in [2.24, 2.45) is 5.84 Å². The first-order valence-corrected chi connectivity index (χ1v) is 7.35. The summed E-state index contributed by atoms with van der Waals surface area (Å²) in [6.07, 6.45) is 8.56. The lowest BCUT2D eigenvalue weighted by Gasteiger charge is -2.19. The number of halogens is 1. The first kappa shape index (κ1) is 12.3. The number of nitrogens with two attached hydrogens (primary N) is 1. The van der Waals surface area contributed by atoms with Crippen LogP contribution in [0.15, 0.2) is 27.6 Å². The molecular formula is C12H17BrN2S. The summed E-state index contributed by atoms with van der Waals surface area (Å²) >= 11 is 5.32. The van der Waals surface area contributed by atoms with Gasteiger partial charge in [-0.25, -0.2) is 0 Å². The second-order valence-corrected chi connectivity index (χ2v) is 5.97. The molecule has 1 aliphatic rings. The van der Waals surface area contributed by atoms with Crippen LogP contribution >= 0.6 is 27.3 Å². The average Bonchev–Trinajstić information content (AvgIpc) is 2.74. The van der Waals surface area contributed by atoms with Gasteiger partial charge in [-0.15, -0.1) is 11.3 Å². The molecule has 2 rings (SSSR count). The summed E-state index contributed by atoms with van der Waals surface area (Å²) in [5.74, 6) is 5.66. The van der Waals surface area contributed by atoms with E-state index in [2.05, 4.69) is 38.9 Å². The van der Waals surface area contributed by atoms with Gasteiger partial charge in [-0.1, -0.05) is 11.6 Å². The van der Waals surface area contributed by atoms with E-state index in [9.17, 15) is 0 Å². The van der Waals surface area contributed by atoms with Crippen LogP contribution in [0, 0.1) is 0 Å². The van der Waals surface area contributed by atoms with Gasteiger partial charge in [-0.2, -0.15) is 0 Å². The minimum Gasteiger partial charge on any atom is -0.271 e. The molecule has 16 heavy (non-hydrogen) atoms. The Labute approximate surface area is 109 Å². The van der Waals surface area contributed by atoms with Crippen LogP contribution in [-0.4, -0.2) is 0 Å². The molecule has 0 radical (unpaired) electrons. The smallest absolute Gasteiger partial charge is 0.0601 e. The maximum Gasteiger partial charge on any atom is 0.0601 e. The molecule has 1 aromatic heterocycles. The predicted octanol–water partition coefficient (Wildman–Crippen LogP) is 3.91. The number of hydrazine groups is 1. The van der Waals surface area contributed by atoms with E-state index in [1.807, 2.05) is 0 Å². The van der Waals surface area contributed by atoms with Gasteiger partial charge in [0, 0.05) is 9.35 Å². The highest BCUT2D eigenvalue weighted by Gasteiger charge is 2.17. The van der Waals surface area contributed by atoms with E-state index in [0.29, 0.717) is 0 Å². The Morgan fingerprint density at radius 3 is 2.94 bits per heavy atom. The molecule has 0 aromatic carbocycles. The van der Waals surface area contributed by atoms with Crippen molar-refractivity contribution in [1.82, 2.24) is 5.43 Å². The van der Waals surface area contributed by atoms with Crippen molar-refractivity contribution >= 4 is 27.3 Å². The summed E-state index contributed by atoms with van der Waals surface area (Å²) in [5.41, 5.74) is 4.48. The van der Waals surface area contributed by atoms with E-state index in [1.54, 1.807) is 16.9 Å². The van der Waals surface area contributed by atoms with Crippen molar-refractivity contribution < 1.29 is 0 Å². The predicted molar refractivity (Wildman–Crippen MR) is 73.3 cm³/mol. The van der Waals surface area contributed by atoms with E-state index in [4.69, 9.17) is 5.84 Å². The second-order valence-electron chi connectivity index (χ2n) is 4.16. The van der Waals surface area contributed by atoms with Gasteiger partial charge in [-0.3, -0.25) is 11.3 Å². The molecule has 1 aliphatic carbocycles.